The minimum Gasteiger partial charge on any atom is -0.336 e. The zero-order valence-electron chi connectivity index (χ0n) is 19.5. The first-order valence-corrected chi connectivity index (χ1v) is 13.1. The van der Waals surface area contributed by atoms with Crippen LogP contribution in [0.5, 0.6) is 0 Å². The van der Waals surface area contributed by atoms with E-state index in [0.29, 0.717) is 0 Å². The van der Waals surface area contributed by atoms with Crippen LogP contribution in [0.15, 0.2) is 59.1 Å². The molecular formula is C26H30N4S2. The molecule has 2 aromatic heterocycles. The Morgan fingerprint density at radius 3 is 1.47 bits per heavy atom. The summed E-state index contributed by atoms with van der Waals surface area (Å²) in [5, 5.41) is 1.78. The van der Waals surface area contributed by atoms with Crippen molar-refractivity contribution in [2.45, 2.75) is 63.7 Å². The molecule has 0 spiro atoms. The maximum atomic E-state index is 4.59. The summed E-state index contributed by atoms with van der Waals surface area (Å²) in [7, 11) is 3.19. The highest BCUT2D eigenvalue weighted by Crippen LogP contribution is 2.37. The van der Waals surface area contributed by atoms with Gasteiger partial charge >= 0.3 is 0 Å². The van der Waals surface area contributed by atoms with Gasteiger partial charge in [0, 0.05) is 35.6 Å². The first-order chi connectivity index (χ1) is 15.3. The molecule has 32 heavy (non-hydrogen) atoms. The first-order valence-electron chi connectivity index (χ1n) is 10.9. The van der Waals surface area contributed by atoms with E-state index in [9.17, 15) is 0 Å². The molecule has 2 atom stereocenters. The molecule has 0 fully saturated rings. The summed E-state index contributed by atoms with van der Waals surface area (Å²) in [5.41, 5.74) is 10.3. The molecular weight excluding hydrogens is 432 g/mol. The van der Waals surface area contributed by atoms with Gasteiger partial charge in [-0.25, -0.2) is 9.97 Å². The Kier molecular flexibility index (Phi) is 6.82. The van der Waals surface area contributed by atoms with Gasteiger partial charge in [0.25, 0.3) is 0 Å². The van der Waals surface area contributed by atoms with Gasteiger partial charge in [-0.05, 0) is 82.7 Å². The highest BCUT2D eigenvalue weighted by Gasteiger charge is 2.17. The summed E-state index contributed by atoms with van der Waals surface area (Å²) in [5.74, 6) is 0.547. The van der Waals surface area contributed by atoms with Gasteiger partial charge in [-0.1, -0.05) is 50.2 Å². The Morgan fingerprint density at radius 1 is 0.656 bits per heavy atom. The van der Waals surface area contributed by atoms with E-state index in [2.05, 4.69) is 97.9 Å². The minimum absolute atomic E-state index is 0.274. The topological polar surface area (TPSA) is 57.4 Å². The molecule has 0 aliphatic heterocycles. The van der Waals surface area contributed by atoms with Gasteiger partial charge in [0.15, 0.2) is 10.3 Å². The van der Waals surface area contributed by atoms with E-state index in [1.807, 2.05) is 12.4 Å². The molecule has 0 bridgehead atoms. The molecule has 2 aromatic carbocycles. The van der Waals surface area contributed by atoms with Gasteiger partial charge in [-0.3, -0.25) is 0 Å². The fourth-order valence-corrected chi connectivity index (χ4v) is 5.71. The van der Waals surface area contributed by atoms with Crippen molar-refractivity contribution in [1.29, 1.82) is 0 Å². The van der Waals surface area contributed by atoms with Crippen molar-refractivity contribution in [3.63, 3.8) is 0 Å². The van der Waals surface area contributed by atoms with E-state index < -0.39 is 0 Å². The molecule has 0 radical (unpaired) electrons. The van der Waals surface area contributed by atoms with Crippen LogP contribution in [0.4, 0.5) is 0 Å². The number of rotatable bonds is 7. The summed E-state index contributed by atoms with van der Waals surface area (Å²) >= 11 is 0. The number of hydrogen-bond acceptors (Lipinski definition) is 4. The lowest BCUT2D eigenvalue weighted by Crippen LogP contribution is -2.00. The van der Waals surface area contributed by atoms with Gasteiger partial charge in [-0.2, -0.15) is 0 Å². The van der Waals surface area contributed by atoms with Crippen molar-refractivity contribution >= 4 is 21.6 Å². The molecule has 0 unspecified atom stereocenters. The summed E-state index contributed by atoms with van der Waals surface area (Å²) in [6.07, 6.45) is 3.90. The fraction of sp³-hybridized carbons (Fsp3) is 0.308. The average molecular weight is 463 g/mol. The van der Waals surface area contributed by atoms with E-state index in [0.717, 1.165) is 21.7 Å². The number of aromatic nitrogens is 4. The Balaban J connectivity index is 1.42. The van der Waals surface area contributed by atoms with Gasteiger partial charge < -0.3 is 9.97 Å². The zero-order chi connectivity index (χ0) is 22.8. The maximum Gasteiger partial charge on any atom is 0.176 e. The van der Waals surface area contributed by atoms with Gasteiger partial charge in [0.2, 0.25) is 0 Å². The van der Waals surface area contributed by atoms with Crippen LogP contribution in [-0.2, 0) is 0 Å². The van der Waals surface area contributed by atoms with Crippen molar-refractivity contribution in [3.8, 4) is 0 Å². The van der Waals surface area contributed by atoms with Crippen LogP contribution in [0.3, 0.4) is 0 Å². The van der Waals surface area contributed by atoms with Crippen LogP contribution in [-0.4, -0.2) is 19.9 Å². The third-order valence-corrected chi connectivity index (χ3v) is 8.51. The second-order valence-corrected chi connectivity index (χ2v) is 10.6. The van der Waals surface area contributed by atoms with Crippen LogP contribution in [0.1, 0.15) is 70.5 Å². The fourth-order valence-electron chi connectivity index (χ4n) is 4.06. The third-order valence-electron chi connectivity index (χ3n) is 6.50. The smallest absolute Gasteiger partial charge is 0.176 e. The number of H-pyrrole nitrogens is 2. The molecule has 0 saturated heterocycles. The summed E-state index contributed by atoms with van der Waals surface area (Å²) in [6.45, 7) is 13.2. The highest BCUT2D eigenvalue weighted by atomic mass is 33.1. The predicted octanol–water partition coefficient (Wildman–Crippen LogP) is 7.47. The molecule has 4 rings (SSSR count). The second kappa shape index (κ2) is 9.59. The Morgan fingerprint density at radius 2 is 1.06 bits per heavy atom. The molecule has 2 heterocycles. The SMILES string of the molecule is Cc1cccc([C@H](C)c2cnc(SSc3ncc([C@@H](C)c4cccc(C)c4C)[nH]3)[nH]2)c1C. The van der Waals surface area contributed by atoms with Crippen molar-refractivity contribution in [2.24, 2.45) is 0 Å². The van der Waals surface area contributed by atoms with E-state index in [1.54, 1.807) is 21.6 Å². The maximum absolute atomic E-state index is 4.59. The molecule has 4 nitrogen and oxygen atoms in total. The molecule has 4 aromatic rings. The number of aromatic amines is 2. The van der Waals surface area contributed by atoms with Crippen molar-refractivity contribution in [2.75, 3.05) is 0 Å². The standard InChI is InChI=1S/C26H30N4S2/c1-15-9-7-11-21(17(15)3)19(5)23-13-27-25(29-23)31-32-26-28-14-24(30-26)20(6)22-12-8-10-16(2)18(22)4/h7-14,19-20H,1-6H3,(H,27,29)(H,28,30)/t19-,20-/m0/s1. The lowest BCUT2D eigenvalue weighted by molar-refractivity contribution is 0.856. The van der Waals surface area contributed by atoms with Crippen LogP contribution in [0.25, 0.3) is 0 Å². The number of nitrogens with zero attached hydrogens (tertiary/aromatic N) is 2. The van der Waals surface area contributed by atoms with E-state index >= 15 is 0 Å². The van der Waals surface area contributed by atoms with Crippen molar-refractivity contribution in [1.82, 2.24) is 19.9 Å². The van der Waals surface area contributed by atoms with E-state index in [1.165, 1.54) is 33.4 Å². The predicted molar refractivity (Wildman–Crippen MR) is 136 cm³/mol. The molecule has 166 valence electrons. The van der Waals surface area contributed by atoms with Crippen LogP contribution in [0, 0.1) is 27.7 Å². The minimum atomic E-state index is 0.274. The van der Waals surface area contributed by atoms with Crippen LogP contribution in [0.2, 0.25) is 0 Å². The summed E-state index contributed by atoms with van der Waals surface area (Å²) in [6, 6.07) is 13.0. The lowest BCUT2D eigenvalue weighted by atomic mass is 9.92. The third kappa shape index (κ3) is 4.66. The van der Waals surface area contributed by atoms with E-state index in [-0.39, 0.29) is 11.8 Å². The van der Waals surface area contributed by atoms with Gasteiger partial charge in [0.1, 0.15) is 0 Å². The Hall–Kier alpha value is -2.44. The van der Waals surface area contributed by atoms with Gasteiger partial charge in [-0.15, -0.1) is 0 Å². The molecule has 0 amide bonds. The van der Waals surface area contributed by atoms with Crippen molar-refractivity contribution in [3.05, 3.63) is 93.6 Å². The summed E-state index contributed by atoms with van der Waals surface area (Å²) in [4.78, 5) is 16.1. The van der Waals surface area contributed by atoms with Crippen LogP contribution < -0.4 is 0 Å². The largest absolute Gasteiger partial charge is 0.336 e. The molecule has 0 saturated carbocycles. The average Bonchev–Trinajstić information content (AvgIpc) is 3.45. The van der Waals surface area contributed by atoms with E-state index in [4.69, 9.17) is 0 Å². The zero-order valence-corrected chi connectivity index (χ0v) is 21.1. The lowest BCUT2D eigenvalue weighted by Gasteiger charge is -2.14. The molecule has 0 aliphatic rings. The first kappa shape index (κ1) is 22.7. The number of hydrogen-bond donors (Lipinski definition) is 2. The number of imidazole rings is 2. The summed E-state index contributed by atoms with van der Waals surface area (Å²) < 4.78 is 0. The number of nitrogens with one attached hydrogen (secondary N) is 2. The Bertz CT molecular complexity index is 1130. The number of benzene rings is 2. The monoisotopic (exact) mass is 462 g/mol. The highest BCUT2D eigenvalue weighted by molar-refractivity contribution is 8.76. The second-order valence-electron chi connectivity index (χ2n) is 8.48. The molecule has 2 N–H and O–H groups in total. The quantitative estimate of drug-likeness (QED) is 0.280. The molecule has 0 aliphatic carbocycles. The normalized spacial score (nSPS) is 13.3. The van der Waals surface area contributed by atoms with Crippen molar-refractivity contribution < 1.29 is 0 Å². The Labute approximate surface area is 198 Å². The number of aryl methyl sites for hydroxylation is 2. The van der Waals surface area contributed by atoms with Crippen LogP contribution >= 0.6 is 21.6 Å². The van der Waals surface area contributed by atoms with Gasteiger partial charge in [0.05, 0.1) is 0 Å². The molecule has 6 heteroatoms.